The molecule has 0 aromatic heterocycles. The van der Waals surface area contributed by atoms with Crippen molar-refractivity contribution in [2.75, 3.05) is 13.9 Å². The van der Waals surface area contributed by atoms with Crippen molar-refractivity contribution in [3.63, 3.8) is 0 Å². The summed E-state index contributed by atoms with van der Waals surface area (Å²) in [4.78, 5) is 10.9. The van der Waals surface area contributed by atoms with Gasteiger partial charge >= 0.3 is 5.97 Å². The van der Waals surface area contributed by atoms with Gasteiger partial charge in [-0.25, -0.2) is 4.79 Å². The lowest BCUT2D eigenvalue weighted by atomic mass is 10.2. The van der Waals surface area contributed by atoms with Crippen LogP contribution in [0.3, 0.4) is 0 Å². The van der Waals surface area contributed by atoms with Crippen LogP contribution in [0.5, 0.6) is 11.5 Å². The van der Waals surface area contributed by atoms with Crippen molar-refractivity contribution in [1.29, 1.82) is 0 Å². The zero-order valence-electron chi connectivity index (χ0n) is 8.23. The van der Waals surface area contributed by atoms with Crippen molar-refractivity contribution >= 4 is 12.0 Å². The third-order valence-electron chi connectivity index (χ3n) is 2.03. The van der Waals surface area contributed by atoms with Crippen LogP contribution in [0.2, 0.25) is 0 Å². The fraction of sp³-hybridized carbons (Fsp3) is 0.182. The van der Waals surface area contributed by atoms with Gasteiger partial charge in [0.1, 0.15) is 0 Å². The van der Waals surface area contributed by atoms with E-state index in [4.69, 9.17) is 9.47 Å². The normalized spacial score (nSPS) is 13.1. The molecule has 4 nitrogen and oxygen atoms in total. The summed E-state index contributed by atoms with van der Waals surface area (Å²) in [5.41, 5.74) is 0.801. The first-order valence-electron chi connectivity index (χ1n) is 4.46. The van der Waals surface area contributed by atoms with Crippen molar-refractivity contribution in [3.05, 3.63) is 29.8 Å². The predicted octanol–water partition coefficient (Wildman–Crippen LogP) is 1.60. The molecule has 0 amide bonds. The predicted molar refractivity (Wildman–Crippen MR) is 53.6 cm³/mol. The van der Waals surface area contributed by atoms with Crippen molar-refractivity contribution in [2.45, 2.75) is 0 Å². The molecule has 0 N–H and O–H groups in total. The minimum atomic E-state index is -0.397. The van der Waals surface area contributed by atoms with Crippen LogP contribution in [0.4, 0.5) is 0 Å². The first-order valence-corrected chi connectivity index (χ1v) is 4.46. The van der Waals surface area contributed by atoms with Gasteiger partial charge in [-0.3, -0.25) is 0 Å². The molecule has 0 aliphatic carbocycles. The number of benzene rings is 1. The van der Waals surface area contributed by atoms with Crippen LogP contribution in [0.1, 0.15) is 5.56 Å². The van der Waals surface area contributed by atoms with Crippen LogP contribution in [-0.2, 0) is 9.53 Å². The molecule has 0 saturated carbocycles. The maximum absolute atomic E-state index is 10.9. The number of rotatable bonds is 2. The number of fused-ring (bicyclic) bond motifs is 1. The monoisotopic (exact) mass is 206 g/mol. The molecule has 1 aliphatic rings. The van der Waals surface area contributed by atoms with Gasteiger partial charge in [-0.1, -0.05) is 12.1 Å². The van der Waals surface area contributed by atoms with Crippen molar-refractivity contribution < 1.29 is 19.0 Å². The van der Waals surface area contributed by atoms with Gasteiger partial charge in [-0.05, 0) is 12.1 Å². The third kappa shape index (κ3) is 1.93. The highest BCUT2D eigenvalue weighted by Crippen LogP contribution is 2.35. The molecule has 78 valence electrons. The Balaban J connectivity index is 2.26. The molecule has 1 aliphatic heterocycles. The van der Waals surface area contributed by atoms with Gasteiger partial charge in [-0.2, -0.15) is 0 Å². The summed E-state index contributed by atoms with van der Waals surface area (Å²) >= 11 is 0. The van der Waals surface area contributed by atoms with Gasteiger partial charge in [0.25, 0.3) is 0 Å². The molecular weight excluding hydrogens is 196 g/mol. The lowest BCUT2D eigenvalue weighted by molar-refractivity contribution is -0.134. The van der Waals surface area contributed by atoms with Crippen molar-refractivity contribution in [3.8, 4) is 11.5 Å². The van der Waals surface area contributed by atoms with E-state index in [1.165, 1.54) is 13.2 Å². The fourth-order valence-electron chi connectivity index (χ4n) is 1.31. The average molecular weight is 206 g/mol. The molecule has 1 aromatic rings. The second-order valence-corrected chi connectivity index (χ2v) is 2.94. The summed E-state index contributed by atoms with van der Waals surface area (Å²) in [6, 6.07) is 5.50. The van der Waals surface area contributed by atoms with E-state index < -0.39 is 5.97 Å². The Labute approximate surface area is 87.1 Å². The van der Waals surface area contributed by atoms with E-state index in [0.717, 1.165) is 5.56 Å². The number of ether oxygens (including phenoxy) is 3. The second-order valence-electron chi connectivity index (χ2n) is 2.94. The molecule has 4 heteroatoms. The minimum Gasteiger partial charge on any atom is -0.466 e. The number of esters is 1. The zero-order valence-corrected chi connectivity index (χ0v) is 8.23. The molecule has 1 heterocycles. The Bertz CT molecular complexity index is 409. The van der Waals surface area contributed by atoms with Crippen LogP contribution in [0.25, 0.3) is 6.08 Å². The van der Waals surface area contributed by atoms with E-state index in [2.05, 4.69) is 4.74 Å². The summed E-state index contributed by atoms with van der Waals surface area (Å²) < 4.78 is 15.0. The number of carbonyl (C=O) groups is 1. The Morgan fingerprint density at radius 1 is 1.47 bits per heavy atom. The Morgan fingerprint density at radius 2 is 2.33 bits per heavy atom. The van der Waals surface area contributed by atoms with Gasteiger partial charge in [0, 0.05) is 11.6 Å². The van der Waals surface area contributed by atoms with Crippen LogP contribution < -0.4 is 9.47 Å². The standard InChI is InChI=1S/C11H10O4/c1-13-10(12)6-5-8-3-2-4-9-11(8)15-7-14-9/h2-6H,7H2,1H3/b6-5+. The van der Waals surface area contributed by atoms with Gasteiger partial charge in [0.15, 0.2) is 11.5 Å². The highest BCUT2D eigenvalue weighted by molar-refractivity contribution is 5.87. The third-order valence-corrected chi connectivity index (χ3v) is 2.03. The van der Waals surface area contributed by atoms with E-state index >= 15 is 0 Å². The number of para-hydroxylation sites is 1. The number of methoxy groups -OCH3 is 1. The molecular formula is C11H10O4. The number of hydrogen-bond acceptors (Lipinski definition) is 4. The topological polar surface area (TPSA) is 44.8 Å². The summed E-state index contributed by atoms with van der Waals surface area (Å²) in [5, 5.41) is 0. The second kappa shape index (κ2) is 4.04. The molecule has 0 saturated heterocycles. The quantitative estimate of drug-likeness (QED) is 0.544. The smallest absolute Gasteiger partial charge is 0.330 e. The Hall–Kier alpha value is -1.97. The van der Waals surface area contributed by atoms with E-state index in [1.54, 1.807) is 6.08 Å². The van der Waals surface area contributed by atoms with Crippen LogP contribution in [-0.4, -0.2) is 19.9 Å². The first-order chi connectivity index (χ1) is 7.31. The molecule has 0 unspecified atom stereocenters. The maximum Gasteiger partial charge on any atom is 0.330 e. The van der Waals surface area contributed by atoms with Crippen molar-refractivity contribution in [2.24, 2.45) is 0 Å². The Morgan fingerprint density at radius 3 is 3.13 bits per heavy atom. The molecule has 15 heavy (non-hydrogen) atoms. The number of hydrogen-bond donors (Lipinski definition) is 0. The van der Waals surface area contributed by atoms with E-state index in [-0.39, 0.29) is 6.79 Å². The van der Waals surface area contributed by atoms with Gasteiger partial charge < -0.3 is 14.2 Å². The van der Waals surface area contributed by atoms with E-state index in [9.17, 15) is 4.79 Å². The SMILES string of the molecule is COC(=O)/C=C/c1cccc2c1OCO2. The van der Waals surface area contributed by atoms with Gasteiger partial charge in [-0.15, -0.1) is 0 Å². The molecule has 0 bridgehead atoms. The minimum absolute atomic E-state index is 0.221. The van der Waals surface area contributed by atoms with Gasteiger partial charge in [0.05, 0.1) is 7.11 Å². The van der Waals surface area contributed by atoms with Crippen LogP contribution >= 0.6 is 0 Å². The van der Waals surface area contributed by atoms with Crippen molar-refractivity contribution in [1.82, 2.24) is 0 Å². The first kappa shape index (κ1) is 9.58. The highest BCUT2D eigenvalue weighted by Gasteiger charge is 2.15. The van der Waals surface area contributed by atoms with Crippen LogP contribution in [0, 0.1) is 0 Å². The number of carbonyl (C=O) groups excluding carboxylic acids is 1. The Kier molecular flexibility index (Phi) is 2.58. The molecule has 0 atom stereocenters. The lowest BCUT2D eigenvalue weighted by Gasteiger charge is -1.99. The lowest BCUT2D eigenvalue weighted by Crippen LogP contribution is -1.94. The summed E-state index contributed by atoms with van der Waals surface area (Å²) in [7, 11) is 1.34. The summed E-state index contributed by atoms with van der Waals surface area (Å²) in [6.45, 7) is 0.221. The fourth-order valence-corrected chi connectivity index (χ4v) is 1.31. The van der Waals surface area contributed by atoms with Gasteiger partial charge in [0.2, 0.25) is 6.79 Å². The average Bonchev–Trinajstić information content (AvgIpc) is 2.74. The zero-order chi connectivity index (χ0) is 10.7. The van der Waals surface area contributed by atoms with Crippen LogP contribution in [0.15, 0.2) is 24.3 Å². The molecule has 2 rings (SSSR count). The van der Waals surface area contributed by atoms with E-state index in [0.29, 0.717) is 11.5 Å². The van der Waals surface area contributed by atoms with E-state index in [1.807, 2.05) is 18.2 Å². The summed E-state index contributed by atoms with van der Waals surface area (Å²) in [5.74, 6) is 0.964. The maximum atomic E-state index is 10.9. The highest BCUT2D eigenvalue weighted by atomic mass is 16.7. The summed E-state index contributed by atoms with van der Waals surface area (Å²) in [6.07, 6.45) is 2.98. The molecule has 0 fully saturated rings. The molecule has 0 spiro atoms. The molecule has 0 radical (unpaired) electrons. The molecule has 1 aromatic carbocycles. The largest absolute Gasteiger partial charge is 0.466 e.